The number of hydrogen-bond acceptors (Lipinski definition) is 6. The van der Waals surface area contributed by atoms with E-state index in [9.17, 15) is 14.4 Å². The highest BCUT2D eigenvalue weighted by Gasteiger charge is 2.41. The van der Waals surface area contributed by atoms with Crippen LogP contribution in [0.25, 0.3) is 5.57 Å². The number of anilines is 1. The molecule has 0 spiro atoms. The summed E-state index contributed by atoms with van der Waals surface area (Å²) in [6.45, 7) is 5.30. The molecule has 3 rings (SSSR count). The van der Waals surface area contributed by atoms with E-state index in [1.807, 2.05) is 31.2 Å². The number of nitrogens with zero attached hydrogens (tertiary/aromatic N) is 2. The quantitative estimate of drug-likeness (QED) is 0.246. The number of hydrogen-bond donors (Lipinski definition) is 0. The van der Waals surface area contributed by atoms with E-state index in [0.29, 0.717) is 47.3 Å². The zero-order valence-corrected chi connectivity index (χ0v) is 18.9. The molecule has 0 radical (unpaired) electrons. The van der Waals surface area contributed by atoms with Crippen LogP contribution in [0.3, 0.4) is 0 Å². The number of benzene rings is 1. The number of thioether (sulfide) groups is 1. The van der Waals surface area contributed by atoms with Crippen molar-refractivity contribution in [2.45, 2.75) is 46.0 Å². The molecule has 1 aromatic carbocycles. The van der Waals surface area contributed by atoms with E-state index in [-0.39, 0.29) is 17.8 Å². The summed E-state index contributed by atoms with van der Waals surface area (Å²) < 4.78 is 5.40. The van der Waals surface area contributed by atoms with Crippen LogP contribution in [0, 0.1) is 0 Å². The minimum Gasteiger partial charge on any atom is -0.466 e. The zero-order valence-electron chi connectivity index (χ0n) is 17.3. The Hall–Kier alpha value is -2.19. The first-order chi connectivity index (χ1) is 14.5. The molecule has 6 nitrogen and oxygen atoms in total. The standard InChI is InChI=1S/C22H26N2O4S2/c1-3-13-23-16-11-8-7-10-15(16)18(20(23)26)19-21(27)24(22(29)30-19)14-9-5-6-12-17(25)28-4-2/h7-8,10-11H,3-6,9,12-14H2,1-2H3/b19-18-. The molecule has 2 aliphatic heterocycles. The number of rotatable bonds is 9. The number of unbranched alkanes of at least 4 members (excludes halogenated alkanes) is 2. The fourth-order valence-corrected chi connectivity index (χ4v) is 5.02. The number of thiocarbonyl (C=S) groups is 1. The highest BCUT2D eigenvalue weighted by atomic mass is 32.2. The lowest BCUT2D eigenvalue weighted by Gasteiger charge is -2.15. The number of fused-ring (bicyclic) bond motifs is 1. The van der Waals surface area contributed by atoms with Crippen LogP contribution >= 0.6 is 24.0 Å². The second kappa shape index (κ2) is 10.2. The topological polar surface area (TPSA) is 66.9 Å². The first-order valence-electron chi connectivity index (χ1n) is 10.3. The Balaban J connectivity index is 1.70. The molecule has 2 amide bonds. The van der Waals surface area contributed by atoms with Crippen LogP contribution in [0.15, 0.2) is 29.2 Å². The van der Waals surface area contributed by atoms with Crippen molar-refractivity contribution in [3.05, 3.63) is 34.7 Å². The Morgan fingerprint density at radius 2 is 1.80 bits per heavy atom. The Morgan fingerprint density at radius 1 is 1.03 bits per heavy atom. The Bertz CT molecular complexity index is 897. The molecule has 2 heterocycles. The summed E-state index contributed by atoms with van der Waals surface area (Å²) in [5.41, 5.74) is 2.11. The highest BCUT2D eigenvalue weighted by molar-refractivity contribution is 8.26. The van der Waals surface area contributed by atoms with E-state index in [1.54, 1.807) is 16.7 Å². The van der Waals surface area contributed by atoms with Crippen LogP contribution in [0.1, 0.15) is 51.5 Å². The van der Waals surface area contributed by atoms with Gasteiger partial charge < -0.3 is 9.64 Å². The van der Waals surface area contributed by atoms with Gasteiger partial charge in [0.05, 0.1) is 22.8 Å². The van der Waals surface area contributed by atoms with Gasteiger partial charge in [-0.3, -0.25) is 19.3 Å². The highest BCUT2D eigenvalue weighted by Crippen LogP contribution is 2.44. The van der Waals surface area contributed by atoms with Gasteiger partial charge in [0.25, 0.3) is 11.8 Å². The van der Waals surface area contributed by atoms with Crippen LogP contribution in [-0.4, -0.2) is 46.7 Å². The number of para-hydroxylation sites is 1. The predicted octanol–water partition coefficient (Wildman–Crippen LogP) is 4.14. The largest absolute Gasteiger partial charge is 0.466 e. The predicted molar refractivity (Wildman–Crippen MR) is 123 cm³/mol. The zero-order chi connectivity index (χ0) is 21.7. The summed E-state index contributed by atoms with van der Waals surface area (Å²) in [5, 5.41) is 0. The van der Waals surface area contributed by atoms with Gasteiger partial charge in [-0.15, -0.1) is 0 Å². The molecule has 0 N–H and O–H groups in total. The first kappa shape index (κ1) is 22.5. The lowest BCUT2D eigenvalue weighted by Crippen LogP contribution is -2.30. The normalized spacial score (nSPS) is 18.4. The second-order valence-electron chi connectivity index (χ2n) is 7.12. The molecule has 1 aromatic rings. The lowest BCUT2D eigenvalue weighted by atomic mass is 10.1. The molecule has 1 saturated heterocycles. The van der Waals surface area contributed by atoms with Gasteiger partial charge in [-0.2, -0.15) is 0 Å². The molecule has 0 saturated carbocycles. The number of carbonyl (C=O) groups is 3. The van der Waals surface area contributed by atoms with Crippen molar-refractivity contribution in [2.75, 3.05) is 24.6 Å². The van der Waals surface area contributed by atoms with Crippen LogP contribution < -0.4 is 4.90 Å². The Morgan fingerprint density at radius 3 is 2.53 bits per heavy atom. The Kier molecular flexibility index (Phi) is 7.66. The molecule has 30 heavy (non-hydrogen) atoms. The monoisotopic (exact) mass is 446 g/mol. The van der Waals surface area contributed by atoms with Crippen molar-refractivity contribution in [1.29, 1.82) is 0 Å². The van der Waals surface area contributed by atoms with Crippen molar-refractivity contribution in [2.24, 2.45) is 0 Å². The third-order valence-electron chi connectivity index (χ3n) is 5.01. The van der Waals surface area contributed by atoms with Crippen molar-refractivity contribution in [3.8, 4) is 0 Å². The first-order valence-corrected chi connectivity index (χ1v) is 11.6. The maximum Gasteiger partial charge on any atom is 0.305 e. The minimum atomic E-state index is -0.202. The number of ether oxygens (including phenoxy) is 1. The van der Waals surface area contributed by atoms with Gasteiger partial charge in [0.15, 0.2) is 0 Å². The molecule has 2 aliphatic rings. The smallest absolute Gasteiger partial charge is 0.305 e. The van der Waals surface area contributed by atoms with Crippen LogP contribution in [0.5, 0.6) is 0 Å². The maximum absolute atomic E-state index is 13.1. The van der Waals surface area contributed by atoms with E-state index in [0.717, 1.165) is 30.5 Å². The second-order valence-corrected chi connectivity index (χ2v) is 8.76. The number of esters is 1. The van der Waals surface area contributed by atoms with Gasteiger partial charge in [0.1, 0.15) is 4.32 Å². The molecule has 160 valence electrons. The van der Waals surface area contributed by atoms with E-state index < -0.39 is 0 Å². The molecule has 0 bridgehead atoms. The molecule has 0 aliphatic carbocycles. The van der Waals surface area contributed by atoms with Gasteiger partial charge >= 0.3 is 5.97 Å². The summed E-state index contributed by atoms with van der Waals surface area (Å²) in [7, 11) is 0. The van der Waals surface area contributed by atoms with Gasteiger partial charge in [-0.1, -0.05) is 55.5 Å². The van der Waals surface area contributed by atoms with E-state index in [1.165, 1.54) is 11.8 Å². The third-order valence-corrected chi connectivity index (χ3v) is 6.46. The van der Waals surface area contributed by atoms with E-state index in [4.69, 9.17) is 17.0 Å². The molecule has 1 fully saturated rings. The van der Waals surface area contributed by atoms with Crippen LogP contribution in [0.2, 0.25) is 0 Å². The third kappa shape index (κ3) is 4.59. The van der Waals surface area contributed by atoms with Crippen molar-refractivity contribution in [1.82, 2.24) is 4.90 Å². The Labute approximate surface area is 186 Å². The summed E-state index contributed by atoms with van der Waals surface area (Å²) in [5.74, 6) is -0.525. The van der Waals surface area contributed by atoms with E-state index in [2.05, 4.69) is 0 Å². The number of amides is 2. The van der Waals surface area contributed by atoms with Gasteiger partial charge in [-0.25, -0.2) is 0 Å². The minimum absolute atomic E-state index is 0.131. The van der Waals surface area contributed by atoms with Crippen LogP contribution in [0.4, 0.5) is 5.69 Å². The summed E-state index contributed by atoms with van der Waals surface area (Å²) in [6.07, 6.45) is 3.47. The maximum atomic E-state index is 13.1. The molecule has 0 aromatic heterocycles. The van der Waals surface area contributed by atoms with E-state index >= 15 is 0 Å². The summed E-state index contributed by atoms with van der Waals surface area (Å²) in [4.78, 5) is 41.4. The average Bonchev–Trinajstić information content (AvgIpc) is 3.15. The summed E-state index contributed by atoms with van der Waals surface area (Å²) in [6, 6.07) is 7.59. The molecule has 0 atom stereocenters. The van der Waals surface area contributed by atoms with Gasteiger partial charge in [-0.05, 0) is 32.3 Å². The lowest BCUT2D eigenvalue weighted by molar-refractivity contribution is -0.143. The molecule has 8 heteroatoms. The van der Waals surface area contributed by atoms with Crippen molar-refractivity contribution >= 4 is 57.3 Å². The van der Waals surface area contributed by atoms with Gasteiger partial charge in [0, 0.05) is 25.1 Å². The fraction of sp³-hybridized carbons (Fsp3) is 0.455. The average molecular weight is 447 g/mol. The van der Waals surface area contributed by atoms with Gasteiger partial charge in [0.2, 0.25) is 0 Å². The summed E-state index contributed by atoms with van der Waals surface area (Å²) >= 11 is 6.64. The molecular formula is C22H26N2O4S2. The van der Waals surface area contributed by atoms with Crippen LogP contribution in [-0.2, 0) is 19.1 Å². The molecule has 0 unspecified atom stereocenters. The fourth-order valence-electron chi connectivity index (χ4n) is 3.64. The SMILES string of the molecule is CCCN1C(=O)/C(=C2\SC(=S)N(CCCCCC(=O)OCC)C2=O)c2ccccc21. The van der Waals surface area contributed by atoms with Crippen molar-refractivity contribution in [3.63, 3.8) is 0 Å². The molecular weight excluding hydrogens is 420 g/mol. The number of carbonyl (C=O) groups excluding carboxylic acids is 3. The van der Waals surface area contributed by atoms with Crippen molar-refractivity contribution < 1.29 is 19.1 Å².